The van der Waals surface area contributed by atoms with Crippen molar-refractivity contribution in [1.82, 2.24) is 14.9 Å². The smallest absolute Gasteiger partial charge is 0.410 e. The zero-order valence-corrected chi connectivity index (χ0v) is 18.1. The first-order chi connectivity index (χ1) is 13.2. The van der Waals surface area contributed by atoms with Crippen molar-refractivity contribution >= 4 is 31.2 Å². The van der Waals surface area contributed by atoms with E-state index in [-0.39, 0.29) is 16.9 Å². The molecule has 2 aliphatic rings. The van der Waals surface area contributed by atoms with Gasteiger partial charge in [0.1, 0.15) is 19.3 Å². The summed E-state index contributed by atoms with van der Waals surface area (Å²) in [5.74, 6) is 1.02. The summed E-state index contributed by atoms with van der Waals surface area (Å²) in [5, 5.41) is 0.309. The third-order valence-electron chi connectivity index (χ3n) is 5.69. The highest BCUT2D eigenvalue weighted by Crippen LogP contribution is 2.72. The number of H-pyrrole nitrogens is 1. The summed E-state index contributed by atoms with van der Waals surface area (Å²) < 4.78 is 5.66. The average Bonchev–Trinajstić information content (AvgIpc) is 2.96. The maximum Gasteiger partial charge on any atom is 0.410 e. The molecule has 7 heteroatoms. The summed E-state index contributed by atoms with van der Waals surface area (Å²) in [6, 6.07) is 8.66. The summed E-state index contributed by atoms with van der Waals surface area (Å²) in [5.41, 5.74) is 2.97. The van der Waals surface area contributed by atoms with Crippen LogP contribution < -0.4 is 5.46 Å². The van der Waals surface area contributed by atoms with E-state index in [4.69, 9.17) is 4.74 Å². The molecule has 2 aromatic rings. The van der Waals surface area contributed by atoms with Crippen LogP contribution in [0, 0.1) is 0 Å². The lowest BCUT2D eigenvalue weighted by molar-refractivity contribution is 0.0211. The number of carbonyl (C=O) groups excluding carboxylic acids is 1. The summed E-state index contributed by atoms with van der Waals surface area (Å²) in [6.07, 6.45) is 4.96. The van der Waals surface area contributed by atoms with E-state index in [2.05, 4.69) is 42.1 Å². The molecule has 2 unspecified atom stereocenters. The van der Waals surface area contributed by atoms with Crippen molar-refractivity contribution in [2.75, 3.05) is 7.05 Å². The molecule has 148 valence electrons. The van der Waals surface area contributed by atoms with E-state index in [1.54, 1.807) is 0 Å². The number of nitrogens with zero attached hydrogens (tertiary/aromatic N) is 2. The molecule has 1 N–H and O–H groups in total. The number of hydrogen-bond acceptors (Lipinski definition) is 4. The molecule has 2 fully saturated rings. The number of carbonyl (C=O) groups is 1. The van der Waals surface area contributed by atoms with Gasteiger partial charge in [-0.25, -0.2) is 9.78 Å². The van der Waals surface area contributed by atoms with Crippen LogP contribution in [0.2, 0.25) is 0 Å². The maximum absolute atomic E-state index is 12.6. The SMILES string of the molecule is Bc1ccc(-c2cnc(C3SC34CCC[C@@H]4N(C)C(=O)OC(C)(C)C)[nH]2)cc1. The van der Waals surface area contributed by atoms with Gasteiger partial charge in [-0.3, -0.25) is 0 Å². The number of hydrogen-bond donors (Lipinski definition) is 1. The van der Waals surface area contributed by atoms with Gasteiger partial charge < -0.3 is 14.6 Å². The molecular formula is C21H28BN3O2S. The Balaban J connectivity index is 1.50. The quantitative estimate of drug-likeness (QED) is 0.638. The number of aromatic amines is 1. The zero-order chi connectivity index (χ0) is 20.1. The summed E-state index contributed by atoms with van der Waals surface area (Å²) in [7, 11) is 3.97. The van der Waals surface area contributed by atoms with E-state index < -0.39 is 5.60 Å². The summed E-state index contributed by atoms with van der Waals surface area (Å²) in [4.78, 5) is 22.6. The minimum absolute atomic E-state index is 0.0635. The second-order valence-corrected chi connectivity index (χ2v) is 10.5. The first-order valence-corrected chi connectivity index (χ1v) is 10.8. The summed E-state index contributed by atoms with van der Waals surface area (Å²) >= 11 is 1.94. The van der Waals surface area contributed by atoms with Crippen LogP contribution in [0.15, 0.2) is 30.5 Å². The number of rotatable bonds is 3. The normalized spacial score (nSPS) is 26.4. The molecule has 1 aromatic heterocycles. The number of amides is 1. The van der Waals surface area contributed by atoms with Crippen molar-refractivity contribution in [2.24, 2.45) is 0 Å². The molecule has 1 saturated heterocycles. The van der Waals surface area contributed by atoms with Crippen LogP contribution in [0.3, 0.4) is 0 Å². The lowest BCUT2D eigenvalue weighted by Gasteiger charge is -2.31. The van der Waals surface area contributed by atoms with Gasteiger partial charge in [-0.2, -0.15) is 0 Å². The van der Waals surface area contributed by atoms with Crippen LogP contribution in [0.1, 0.15) is 51.1 Å². The molecule has 0 radical (unpaired) electrons. The molecular weight excluding hydrogens is 369 g/mol. The van der Waals surface area contributed by atoms with Gasteiger partial charge in [-0.15, -0.1) is 11.8 Å². The summed E-state index contributed by atoms with van der Waals surface area (Å²) in [6.45, 7) is 5.73. The molecule has 0 bridgehead atoms. The van der Waals surface area contributed by atoms with Gasteiger partial charge in [-0.05, 0) is 45.6 Å². The van der Waals surface area contributed by atoms with Gasteiger partial charge in [0.15, 0.2) is 0 Å². The van der Waals surface area contributed by atoms with Gasteiger partial charge in [0.25, 0.3) is 0 Å². The Morgan fingerprint density at radius 2 is 2.07 bits per heavy atom. The Morgan fingerprint density at radius 3 is 2.75 bits per heavy atom. The van der Waals surface area contributed by atoms with E-state index in [0.717, 1.165) is 36.3 Å². The molecule has 1 aliphatic heterocycles. The van der Waals surface area contributed by atoms with Crippen LogP contribution >= 0.6 is 11.8 Å². The standard InChI is InChI=1S/C21H28BN3O2S/c1-20(2,3)27-19(26)25(4)16-6-5-11-21(16)17(28-21)18-23-12-15(24-18)13-7-9-14(22)10-8-13/h7-10,12,16-17H,5-6,11,22H2,1-4H3,(H,23,24)/t16-,17?,21?/m0/s1. The number of benzene rings is 1. The fourth-order valence-corrected chi connectivity index (χ4v) is 5.91. The highest BCUT2D eigenvalue weighted by atomic mass is 32.2. The number of nitrogens with one attached hydrogen (secondary N) is 1. The molecule has 3 atom stereocenters. The van der Waals surface area contributed by atoms with Crippen molar-refractivity contribution < 1.29 is 9.53 Å². The van der Waals surface area contributed by atoms with Gasteiger partial charge in [0, 0.05) is 7.05 Å². The molecule has 1 aliphatic carbocycles. The van der Waals surface area contributed by atoms with Crippen LogP contribution in [0.25, 0.3) is 11.3 Å². The van der Waals surface area contributed by atoms with Gasteiger partial charge in [0.05, 0.1) is 27.9 Å². The van der Waals surface area contributed by atoms with E-state index in [0.29, 0.717) is 5.25 Å². The zero-order valence-electron chi connectivity index (χ0n) is 17.3. The second kappa shape index (κ2) is 6.87. The topological polar surface area (TPSA) is 58.2 Å². The van der Waals surface area contributed by atoms with Crippen molar-refractivity contribution in [2.45, 2.75) is 61.7 Å². The molecule has 2 heterocycles. The van der Waals surface area contributed by atoms with E-state index in [1.807, 2.05) is 50.7 Å². The van der Waals surface area contributed by atoms with E-state index in [9.17, 15) is 4.79 Å². The predicted molar refractivity (Wildman–Crippen MR) is 117 cm³/mol. The van der Waals surface area contributed by atoms with Crippen LogP contribution in [-0.4, -0.2) is 52.2 Å². The van der Waals surface area contributed by atoms with Gasteiger partial charge in [0.2, 0.25) is 0 Å². The molecule has 1 aromatic carbocycles. The first-order valence-electron chi connectivity index (χ1n) is 9.95. The number of thioether (sulfide) groups is 1. The third-order valence-corrected chi connectivity index (χ3v) is 7.46. The van der Waals surface area contributed by atoms with Crippen molar-refractivity contribution in [1.29, 1.82) is 0 Å². The molecule has 28 heavy (non-hydrogen) atoms. The van der Waals surface area contributed by atoms with Crippen LogP contribution in [0.5, 0.6) is 0 Å². The van der Waals surface area contributed by atoms with Crippen molar-refractivity contribution in [3.8, 4) is 11.3 Å². The highest BCUT2D eigenvalue weighted by molar-refractivity contribution is 8.08. The minimum Gasteiger partial charge on any atom is -0.444 e. The molecule has 1 amide bonds. The maximum atomic E-state index is 12.6. The Bertz CT molecular complexity index is 877. The largest absolute Gasteiger partial charge is 0.444 e. The first kappa shape index (κ1) is 19.4. The molecule has 4 rings (SSSR count). The number of aromatic nitrogens is 2. The van der Waals surface area contributed by atoms with E-state index in [1.165, 1.54) is 5.46 Å². The van der Waals surface area contributed by atoms with Crippen LogP contribution in [0.4, 0.5) is 4.79 Å². The predicted octanol–water partition coefficient (Wildman–Crippen LogP) is 3.28. The van der Waals surface area contributed by atoms with Crippen molar-refractivity contribution in [3.05, 3.63) is 36.3 Å². The van der Waals surface area contributed by atoms with E-state index >= 15 is 0 Å². The number of imidazole rings is 1. The second-order valence-electron chi connectivity index (χ2n) is 9.00. The Kier molecular flexibility index (Phi) is 4.77. The van der Waals surface area contributed by atoms with Crippen molar-refractivity contribution in [3.63, 3.8) is 0 Å². The Labute approximate surface area is 172 Å². The molecule has 5 nitrogen and oxygen atoms in total. The fourth-order valence-electron chi connectivity index (χ4n) is 4.23. The number of ether oxygens (including phenoxy) is 1. The molecule has 1 saturated carbocycles. The minimum atomic E-state index is -0.475. The van der Waals surface area contributed by atoms with Gasteiger partial charge in [-0.1, -0.05) is 29.7 Å². The Morgan fingerprint density at radius 1 is 1.36 bits per heavy atom. The monoisotopic (exact) mass is 397 g/mol. The third kappa shape index (κ3) is 3.57. The lowest BCUT2D eigenvalue weighted by Crippen LogP contribution is -2.45. The highest BCUT2D eigenvalue weighted by Gasteiger charge is 2.65. The average molecular weight is 397 g/mol. The van der Waals surface area contributed by atoms with Gasteiger partial charge >= 0.3 is 6.09 Å². The molecule has 1 spiro atoms. The Hall–Kier alpha value is -1.89. The fraction of sp³-hybridized carbons (Fsp3) is 0.524. The lowest BCUT2D eigenvalue weighted by atomic mass is 9.95. The van der Waals surface area contributed by atoms with Crippen LogP contribution in [-0.2, 0) is 4.74 Å².